The van der Waals surface area contributed by atoms with Gasteiger partial charge >= 0.3 is 0 Å². The molecule has 0 aliphatic heterocycles. The number of thioether (sulfide) groups is 1. The third-order valence-corrected chi connectivity index (χ3v) is 4.45. The number of aryl methyl sites for hydroxylation is 2. The summed E-state index contributed by atoms with van der Waals surface area (Å²) >= 11 is 1.58. The van der Waals surface area contributed by atoms with Crippen molar-refractivity contribution in [2.45, 2.75) is 31.7 Å². The second-order valence-electron chi connectivity index (χ2n) is 5.08. The maximum absolute atomic E-state index is 11.5. The van der Waals surface area contributed by atoms with E-state index in [0.29, 0.717) is 16.8 Å². The maximum atomic E-state index is 11.5. The summed E-state index contributed by atoms with van der Waals surface area (Å²) in [5.41, 5.74) is 3.03. The molecule has 0 saturated carbocycles. The minimum Gasteiger partial charge on any atom is -0.294 e. The number of hydrogen-bond donors (Lipinski definition) is 0. The van der Waals surface area contributed by atoms with Crippen molar-refractivity contribution in [2.75, 3.05) is 5.75 Å². The molecule has 3 nitrogen and oxygen atoms in total. The molecule has 112 valence electrons. The number of hydrogen-bond acceptors (Lipinski definition) is 4. The number of nitriles is 1. The van der Waals surface area contributed by atoms with Crippen molar-refractivity contribution in [3.63, 3.8) is 0 Å². The smallest absolute Gasteiger partial charge is 0.161 e. The molecule has 0 fully saturated rings. The number of pyridine rings is 1. The number of carbonyl (C=O) groups excluding carboxylic acids is 1. The maximum Gasteiger partial charge on any atom is 0.161 e. The van der Waals surface area contributed by atoms with Gasteiger partial charge in [0.2, 0.25) is 0 Å². The van der Waals surface area contributed by atoms with Crippen LogP contribution in [-0.4, -0.2) is 16.5 Å². The van der Waals surface area contributed by atoms with Crippen LogP contribution in [0.5, 0.6) is 0 Å². The van der Waals surface area contributed by atoms with Crippen LogP contribution in [0.15, 0.2) is 41.4 Å². The number of Topliss-reactive ketones (excluding diaryl/α,β-unsaturated/α-hetero) is 1. The van der Waals surface area contributed by atoms with Gasteiger partial charge in [-0.15, -0.1) is 11.8 Å². The van der Waals surface area contributed by atoms with Crippen LogP contribution in [0.4, 0.5) is 0 Å². The van der Waals surface area contributed by atoms with Crippen molar-refractivity contribution in [1.82, 2.24) is 4.98 Å². The zero-order chi connectivity index (χ0) is 15.9. The first-order valence-corrected chi connectivity index (χ1v) is 8.19. The number of rotatable bonds is 6. The topological polar surface area (TPSA) is 53.8 Å². The third-order valence-electron chi connectivity index (χ3n) is 3.37. The lowest BCUT2D eigenvalue weighted by Crippen LogP contribution is -2.02. The van der Waals surface area contributed by atoms with Crippen LogP contribution < -0.4 is 0 Å². The van der Waals surface area contributed by atoms with Crippen molar-refractivity contribution in [1.29, 1.82) is 5.26 Å². The predicted molar refractivity (Wildman–Crippen MR) is 89.2 cm³/mol. The zero-order valence-electron chi connectivity index (χ0n) is 12.8. The third kappa shape index (κ3) is 4.19. The summed E-state index contributed by atoms with van der Waals surface area (Å²) in [6, 6.07) is 14.1. The monoisotopic (exact) mass is 310 g/mol. The number of carbonyl (C=O) groups is 1. The fourth-order valence-electron chi connectivity index (χ4n) is 2.22. The van der Waals surface area contributed by atoms with Crippen LogP contribution in [-0.2, 0) is 6.42 Å². The quantitative estimate of drug-likeness (QED) is 0.456. The first-order chi connectivity index (χ1) is 10.6. The van der Waals surface area contributed by atoms with Gasteiger partial charge in [0.15, 0.2) is 5.78 Å². The van der Waals surface area contributed by atoms with Gasteiger partial charge in [0.05, 0.1) is 5.56 Å². The largest absolute Gasteiger partial charge is 0.294 e. The Morgan fingerprint density at radius 1 is 1.32 bits per heavy atom. The molecule has 0 aliphatic rings. The molecule has 1 heterocycles. The highest BCUT2D eigenvalue weighted by Crippen LogP contribution is 2.24. The Bertz CT molecular complexity index is 705. The lowest BCUT2D eigenvalue weighted by Gasteiger charge is -2.08. The van der Waals surface area contributed by atoms with Crippen LogP contribution in [0, 0.1) is 18.3 Å². The molecule has 0 atom stereocenters. The Kier molecular flexibility index (Phi) is 5.74. The summed E-state index contributed by atoms with van der Waals surface area (Å²) in [6.45, 7) is 3.31. The normalized spacial score (nSPS) is 10.2. The average Bonchev–Trinajstić information content (AvgIpc) is 2.52. The number of nitrogens with zero attached hydrogens (tertiary/aromatic N) is 2. The SMILES string of the molecule is CC(=O)c1cc(C#N)c(SCCCc2ccccc2)nc1C. The average molecular weight is 310 g/mol. The minimum absolute atomic E-state index is 0.0536. The van der Waals surface area contributed by atoms with Crippen LogP contribution in [0.2, 0.25) is 0 Å². The molecule has 0 spiro atoms. The standard InChI is InChI=1S/C18H18N2OS/c1-13-17(14(2)21)11-16(12-19)18(20-13)22-10-6-9-15-7-4-3-5-8-15/h3-5,7-8,11H,6,9-10H2,1-2H3. The van der Waals surface area contributed by atoms with Gasteiger partial charge in [0.1, 0.15) is 11.1 Å². The molecule has 1 aromatic carbocycles. The highest BCUT2D eigenvalue weighted by Gasteiger charge is 2.12. The van der Waals surface area contributed by atoms with E-state index in [4.69, 9.17) is 0 Å². The number of ketones is 1. The van der Waals surface area contributed by atoms with E-state index in [1.165, 1.54) is 12.5 Å². The molecule has 0 bridgehead atoms. The summed E-state index contributed by atoms with van der Waals surface area (Å²) in [5, 5.41) is 9.96. The van der Waals surface area contributed by atoms with E-state index in [1.807, 2.05) is 25.1 Å². The predicted octanol–water partition coefficient (Wildman–Crippen LogP) is 4.19. The van der Waals surface area contributed by atoms with Crippen molar-refractivity contribution < 1.29 is 4.79 Å². The first-order valence-electron chi connectivity index (χ1n) is 7.21. The van der Waals surface area contributed by atoms with Gasteiger partial charge in [-0.05, 0) is 44.1 Å². The van der Waals surface area contributed by atoms with Gasteiger partial charge in [-0.3, -0.25) is 4.79 Å². The van der Waals surface area contributed by atoms with Crippen LogP contribution >= 0.6 is 11.8 Å². The lowest BCUT2D eigenvalue weighted by atomic mass is 10.1. The van der Waals surface area contributed by atoms with E-state index in [2.05, 4.69) is 23.2 Å². The van der Waals surface area contributed by atoms with Gasteiger partial charge in [-0.1, -0.05) is 30.3 Å². The molecule has 0 radical (unpaired) electrons. The summed E-state index contributed by atoms with van der Waals surface area (Å²) < 4.78 is 0. The van der Waals surface area contributed by atoms with Gasteiger partial charge in [0, 0.05) is 11.3 Å². The van der Waals surface area contributed by atoms with Crippen LogP contribution in [0.25, 0.3) is 0 Å². The molecule has 0 N–H and O–H groups in total. The van der Waals surface area contributed by atoms with E-state index in [-0.39, 0.29) is 5.78 Å². The van der Waals surface area contributed by atoms with Gasteiger partial charge in [0.25, 0.3) is 0 Å². The van der Waals surface area contributed by atoms with Crippen LogP contribution in [0.3, 0.4) is 0 Å². The van der Waals surface area contributed by atoms with E-state index in [9.17, 15) is 10.1 Å². The summed E-state index contributed by atoms with van der Waals surface area (Å²) in [7, 11) is 0. The summed E-state index contributed by atoms with van der Waals surface area (Å²) in [5.74, 6) is 0.845. The Hall–Kier alpha value is -2.12. The fourth-order valence-corrected chi connectivity index (χ4v) is 3.16. The van der Waals surface area contributed by atoms with Crippen LogP contribution in [0.1, 0.15) is 40.5 Å². The number of aromatic nitrogens is 1. The summed E-state index contributed by atoms with van der Waals surface area (Å²) in [4.78, 5) is 15.9. The van der Waals surface area contributed by atoms with Crippen molar-refractivity contribution in [3.05, 3.63) is 58.8 Å². The molecule has 2 rings (SSSR count). The molecular formula is C18H18N2OS. The van der Waals surface area contributed by atoms with Crippen molar-refractivity contribution in [2.24, 2.45) is 0 Å². The van der Waals surface area contributed by atoms with Gasteiger partial charge < -0.3 is 0 Å². The van der Waals surface area contributed by atoms with E-state index >= 15 is 0 Å². The second-order valence-corrected chi connectivity index (χ2v) is 6.16. The van der Waals surface area contributed by atoms with Gasteiger partial charge in [-0.25, -0.2) is 4.98 Å². The lowest BCUT2D eigenvalue weighted by molar-refractivity contribution is 0.101. The molecule has 0 aliphatic carbocycles. The Labute approximate surface area is 135 Å². The van der Waals surface area contributed by atoms with E-state index < -0.39 is 0 Å². The van der Waals surface area contributed by atoms with Crippen molar-refractivity contribution >= 4 is 17.5 Å². The zero-order valence-corrected chi connectivity index (χ0v) is 13.6. The minimum atomic E-state index is -0.0536. The molecule has 1 aromatic heterocycles. The number of benzene rings is 1. The Balaban J connectivity index is 1.99. The van der Waals surface area contributed by atoms with Gasteiger partial charge in [-0.2, -0.15) is 5.26 Å². The molecule has 4 heteroatoms. The highest BCUT2D eigenvalue weighted by molar-refractivity contribution is 7.99. The molecule has 0 amide bonds. The van der Waals surface area contributed by atoms with E-state index in [0.717, 1.165) is 23.6 Å². The Morgan fingerprint density at radius 3 is 2.68 bits per heavy atom. The molecular weight excluding hydrogens is 292 g/mol. The Morgan fingerprint density at radius 2 is 2.05 bits per heavy atom. The summed E-state index contributed by atoms with van der Waals surface area (Å²) in [6.07, 6.45) is 2.04. The highest BCUT2D eigenvalue weighted by atomic mass is 32.2. The molecule has 0 saturated heterocycles. The fraction of sp³-hybridized carbons (Fsp3) is 0.278. The van der Waals surface area contributed by atoms with E-state index in [1.54, 1.807) is 17.8 Å². The second kappa shape index (κ2) is 7.77. The molecule has 2 aromatic rings. The first kappa shape index (κ1) is 16.3. The molecule has 22 heavy (non-hydrogen) atoms. The van der Waals surface area contributed by atoms with Crippen molar-refractivity contribution in [3.8, 4) is 6.07 Å². The molecule has 0 unspecified atom stereocenters.